The molecule has 0 fully saturated rings. The molecule has 0 amide bonds. The third kappa shape index (κ3) is 1.02. The van der Waals surface area contributed by atoms with E-state index < -0.39 is 0 Å². The summed E-state index contributed by atoms with van der Waals surface area (Å²) >= 11 is 0. The summed E-state index contributed by atoms with van der Waals surface area (Å²) in [7, 11) is 0. The molecule has 0 aliphatic heterocycles. The number of H-pyrrole nitrogens is 1. The minimum atomic E-state index is -0.171. The van der Waals surface area contributed by atoms with Crippen molar-refractivity contribution in [3.8, 4) is 5.75 Å². The van der Waals surface area contributed by atoms with Crippen LogP contribution in [0, 0.1) is 0 Å². The molecule has 4 nitrogen and oxygen atoms in total. The number of phenolic OH excluding ortho intramolecular Hbond substituents is 1. The predicted octanol–water partition coefficient (Wildman–Crippen LogP) is 1.06. The second-order valence-corrected chi connectivity index (χ2v) is 2.86. The van der Waals surface area contributed by atoms with E-state index in [0.29, 0.717) is 17.4 Å². The Morgan fingerprint density at radius 3 is 2.92 bits per heavy atom. The lowest BCUT2D eigenvalue weighted by atomic mass is 10.2. The number of aromatic amines is 1. The average molecular weight is 178 g/mol. The lowest BCUT2D eigenvalue weighted by Gasteiger charge is -1.90. The number of rotatable bonds is 1. The van der Waals surface area contributed by atoms with E-state index in [-0.39, 0.29) is 11.3 Å². The number of hydrogen-bond acceptors (Lipinski definition) is 2. The van der Waals surface area contributed by atoms with Gasteiger partial charge >= 0.3 is 0 Å². The first kappa shape index (κ1) is 7.91. The molecular formula is C9H10N2O2. The van der Waals surface area contributed by atoms with E-state index >= 15 is 0 Å². The van der Waals surface area contributed by atoms with Crippen LogP contribution in [-0.2, 0) is 6.54 Å². The van der Waals surface area contributed by atoms with Gasteiger partial charge in [0.1, 0.15) is 11.1 Å². The van der Waals surface area contributed by atoms with Gasteiger partial charge in [0.25, 0.3) is 5.56 Å². The van der Waals surface area contributed by atoms with Crippen LogP contribution in [0.4, 0.5) is 0 Å². The maximum absolute atomic E-state index is 11.6. The van der Waals surface area contributed by atoms with Crippen molar-refractivity contribution in [2.75, 3.05) is 0 Å². The zero-order valence-electron chi connectivity index (χ0n) is 7.24. The SMILES string of the molecule is CCn1[nH]c2cccc(O)c2c1=O. The van der Waals surface area contributed by atoms with E-state index in [0.717, 1.165) is 0 Å². The number of nitrogens with one attached hydrogen (secondary N) is 1. The van der Waals surface area contributed by atoms with Crippen molar-refractivity contribution in [3.63, 3.8) is 0 Å². The highest BCUT2D eigenvalue weighted by atomic mass is 16.3. The topological polar surface area (TPSA) is 58.0 Å². The van der Waals surface area contributed by atoms with Crippen molar-refractivity contribution in [3.05, 3.63) is 28.6 Å². The molecule has 2 N–H and O–H groups in total. The summed E-state index contributed by atoms with van der Waals surface area (Å²) < 4.78 is 1.46. The lowest BCUT2D eigenvalue weighted by Crippen LogP contribution is -2.14. The summed E-state index contributed by atoms with van der Waals surface area (Å²) in [5.41, 5.74) is 0.502. The van der Waals surface area contributed by atoms with Crippen LogP contribution in [0.2, 0.25) is 0 Å². The maximum atomic E-state index is 11.6. The molecule has 2 rings (SSSR count). The van der Waals surface area contributed by atoms with Gasteiger partial charge in [-0.1, -0.05) is 6.07 Å². The van der Waals surface area contributed by atoms with Crippen LogP contribution in [0.1, 0.15) is 6.92 Å². The van der Waals surface area contributed by atoms with Crippen molar-refractivity contribution in [1.29, 1.82) is 0 Å². The standard InChI is InChI=1S/C9H10N2O2/c1-2-11-9(13)8-6(10-11)4-3-5-7(8)12/h3-5,10,12H,2H2,1H3. The largest absolute Gasteiger partial charge is 0.507 e. The van der Waals surface area contributed by atoms with Gasteiger partial charge in [-0.2, -0.15) is 0 Å². The Labute approximate surface area is 74.4 Å². The molecule has 0 saturated heterocycles. The third-order valence-electron chi connectivity index (χ3n) is 2.07. The molecule has 13 heavy (non-hydrogen) atoms. The first-order chi connectivity index (χ1) is 6.24. The second-order valence-electron chi connectivity index (χ2n) is 2.86. The molecule has 0 aliphatic carbocycles. The fourth-order valence-electron chi connectivity index (χ4n) is 1.41. The van der Waals surface area contributed by atoms with Gasteiger partial charge in [0.15, 0.2) is 0 Å². The Morgan fingerprint density at radius 1 is 1.54 bits per heavy atom. The molecular weight excluding hydrogens is 168 g/mol. The van der Waals surface area contributed by atoms with E-state index in [4.69, 9.17) is 0 Å². The van der Waals surface area contributed by atoms with Gasteiger partial charge in [0.2, 0.25) is 0 Å². The average Bonchev–Trinajstić information content (AvgIpc) is 2.44. The molecule has 0 saturated carbocycles. The van der Waals surface area contributed by atoms with Crippen LogP contribution in [0.3, 0.4) is 0 Å². The number of aromatic hydroxyl groups is 1. The number of phenols is 1. The molecule has 0 bridgehead atoms. The fourth-order valence-corrected chi connectivity index (χ4v) is 1.41. The number of hydrogen-bond donors (Lipinski definition) is 2. The van der Waals surface area contributed by atoms with Crippen molar-refractivity contribution in [1.82, 2.24) is 9.78 Å². The van der Waals surface area contributed by atoms with Crippen LogP contribution >= 0.6 is 0 Å². The van der Waals surface area contributed by atoms with Crippen LogP contribution < -0.4 is 5.56 Å². The van der Waals surface area contributed by atoms with E-state index in [1.165, 1.54) is 10.7 Å². The molecule has 0 aliphatic rings. The van der Waals surface area contributed by atoms with E-state index in [2.05, 4.69) is 5.10 Å². The van der Waals surface area contributed by atoms with Crippen LogP contribution in [0.5, 0.6) is 5.75 Å². The Bertz CT molecular complexity index is 496. The highest BCUT2D eigenvalue weighted by molar-refractivity contribution is 5.84. The van der Waals surface area contributed by atoms with Crippen molar-refractivity contribution < 1.29 is 5.11 Å². The minimum Gasteiger partial charge on any atom is -0.507 e. The molecule has 0 atom stereocenters. The number of aromatic nitrogens is 2. The van der Waals surface area contributed by atoms with Crippen molar-refractivity contribution in [2.24, 2.45) is 0 Å². The molecule has 4 heteroatoms. The number of benzene rings is 1. The van der Waals surface area contributed by atoms with E-state index in [9.17, 15) is 9.90 Å². The molecule has 0 spiro atoms. The Balaban J connectivity index is 2.93. The van der Waals surface area contributed by atoms with Crippen LogP contribution in [0.25, 0.3) is 10.9 Å². The number of fused-ring (bicyclic) bond motifs is 1. The highest BCUT2D eigenvalue weighted by Gasteiger charge is 2.08. The van der Waals surface area contributed by atoms with Crippen molar-refractivity contribution >= 4 is 10.9 Å². The molecule has 1 heterocycles. The monoisotopic (exact) mass is 178 g/mol. The second kappa shape index (κ2) is 2.65. The minimum absolute atomic E-state index is 0.0333. The summed E-state index contributed by atoms with van der Waals surface area (Å²) in [5.74, 6) is 0.0333. The maximum Gasteiger partial charge on any atom is 0.278 e. The number of nitrogens with zero attached hydrogens (tertiary/aromatic N) is 1. The first-order valence-corrected chi connectivity index (χ1v) is 4.14. The fraction of sp³-hybridized carbons (Fsp3) is 0.222. The smallest absolute Gasteiger partial charge is 0.278 e. The predicted molar refractivity (Wildman–Crippen MR) is 49.9 cm³/mol. The summed E-state index contributed by atoms with van der Waals surface area (Å²) in [6.45, 7) is 2.45. The Hall–Kier alpha value is -1.71. The molecule has 68 valence electrons. The molecule has 1 aromatic carbocycles. The van der Waals surface area contributed by atoms with Gasteiger partial charge in [-0.3, -0.25) is 14.6 Å². The molecule has 1 aromatic heterocycles. The third-order valence-corrected chi connectivity index (χ3v) is 2.07. The lowest BCUT2D eigenvalue weighted by molar-refractivity contribution is 0.481. The zero-order valence-corrected chi connectivity index (χ0v) is 7.24. The number of aryl methyl sites for hydroxylation is 1. The summed E-state index contributed by atoms with van der Waals surface area (Å²) in [6.07, 6.45) is 0. The Morgan fingerprint density at radius 2 is 2.31 bits per heavy atom. The summed E-state index contributed by atoms with van der Waals surface area (Å²) in [4.78, 5) is 11.6. The van der Waals surface area contributed by atoms with Crippen LogP contribution in [0.15, 0.2) is 23.0 Å². The van der Waals surface area contributed by atoms with Gasteiger partial charge < -0.3 is 5.11 Å². The zero-order chi connectivity index (χ0) is 9.42. The first-order valence-electron chi connectivity index (χ1n) is 4.14. The summed E-state index contributed by atoms with van der Waals surface area (Å²) in [5, 5.41) is 12.7. The molecule has 0 unspecified atom stereocenters. The van der Waals surface area contributed by atoms with Gasteiger partial charge in [-0.05, 0) is 19.1 Å². The van der Waals surface area contributed by atoms with Gasteiger partial charge in [-0.25, -0.2) is 0 Å². The van der Waals surface area contributed by atoms with Gasteiger partial charge in [0.05, 0.1) is 5.52 Å². The Kier molecular flexibility index (Phi) is 1.62. The van der Waals surface area contributed by atoms with Gasteiger partial charge in [-0.15, -0.1) is 0 Å². The van der Waals surface area contributed by atoms with Gasteiger partial charge in [0, 0.05) is 6.54 Å². The van der Waals surface area contributed by atoms with E-state index in [1.54, 1.807) is 12.1 Å². The highest BCUT2D eigenvalue weighted by Crippen LogP contribution is 2.18. The van der Waals surface area contributed by atoms with Crippen LogP contribution in [-0.4, -0.2) is 14.9 Å². The quantitative estimate of drug-likeness (QED) is 0.685. The summed E-state index contributed by atoms with van der Waals surface area (Å²) in [6, 6.07) is 4.98. The molecule has 0 radical (unpaired) electrons. The normalized spacial score (nSPS) is 10.8. The molecule has 2 aromatic rings. The van der Waals surface area contributed by atoms with Crippen molar-refractivity contribution in [2.45, 2.75) is 13.5 Å². The van der Waals surface area contributed by atoms with E-state index in [1.807, 2.05) is 6.92 Å².